The second kappa shape index (κ2) is 11.4. The number of aliphatic imine (C=N–C) groups is 1. The number of hydrogen-bond acceptors (Lipinski definition) is 3. The summed E-state index contributed by atoms with van der Waals surface area (Å²) in [5, 5.41) is 6.74. The van der Waals surface area contributed by atoms with E-state index in [1.807, 2.05) is 38.1 Å². The molecule has 1 aliphatic rings. The number of hydrogen-bond donors (Lipinski definition) is 2. The molecule has 0 aliphatic carbocycles. The lowest BCUT2D eigenvalue weighted by Crippen LogP contribution is -2.47. The SMILES string of the molecule is CCC(=O)N1CCC(NC(=NC)NCC(c2ccc(F)cc2)N(C)C)C1.I. The maximum absolute atomic E-state index is 13.2. The van der Waals surface area contributed by atoms with Crippen LogP contribution in [0.5, 0.6) is 0 Å². The third-order valence-corrected chi connectivity index (χ3v) is 4.75. The Hall–Kier alpha value is -1.42. The number of carbonyl (C=O) groups excluding carboxylic acids is 1. The molecule has 1 saturated heterocycles. The molecular weight excluding hydrogens is 460 g/mol. The summed E-state index contributed by atoms with van der Waals surface area (Å²) in [6.07, 6.45) is 1.46. The van der Waals surface area contributed by atoms with Gasteiger partial charge in [0.2, 0.25) is 5.91 Å². The van der Waals surface area contributed by atoms with Gasteiger partial charge in [-0.25, -0.2) is 4.39 Å². The van der Waals surface area contributed by atoms with Crippen molar-refractivity contribution in [3.8, 4) is 0 Å². The van der Waals surface area contributed by atoms with Crippen LogP contribution in [-0.4, -0.2) is 68.5 Å². The number of likely N-dealkylation sites (tertiary alicyclic amines) is 1. The molecule has 2 rings (SSSR count). The molecule has 1 aromatic carbocycles. The lowest BCUT2D eigenvalue weighted by molar-refractivity contribution is -0.129. The van der Waals surface area contributed by atoms with Crippen molar-refractivity contribution in [1.29, 1.82) is 0 Å². The van der Waals surface area contributed by atoms with E-state index in [1.165, 1.54) is 12.1 Å². The zero-order chi connectivity index (χ0) is 19.1. The van der Waals surface area contributed by atoms with Crippen molar-refractivity contribution in [3.05, 3.63) is 35.6 Å². The molecule has 6 nitrogen and oxygen atoms in total. The molecule has 8 heteroatoms. The van der Waals surface area contributed by atoms with Crippen LogP contribution in [-0.2, 0) is 4.79 Å². The van der Waals surface area contributed by atoms with Gasteiger partial charge in [0.1, 0.15) is 5.82 Å². The van der Waals surface area contributed by atoms with E-state index in [4.69, 9.17) is 0 Å². The van der Waals surface area contributed by atoms with Gasteiger partial charge in [-0.1, -0.05) is 19.1 Å². The Morgan fingerprint density at radius 2 is 2.04 bits per heavy atom. The van der Waals surface area contributed by atoms with E-state index < -0.39 is 0 Å². The maximum atomic E-state index is 13.2. The number of rotatable bonds is 6. The van der Waals surface area contributed by atoms with Gasteiger partial charge in [-0.3, -0.25) is 9.79 Å². The summed E-state index contributed by atoms with van der Waals surface area (Å²) in [7, 11) is 5.73. The van der Waals surface area contributed by atoms with Gasteiger partial charge >= 0.3 is 0 Å². The smallest absolute Gasteiger partial charge is 0.222 e. The van der Waals surface area contributed by atoms with E-state index in [2.05, 4.69) is 20.5 Å². The van der Waals surface area contributed by atoms with E-state index in [0.29, 0.717) is 19.5 Å². The van der Waals surface area contributed by atoms with Crippen LogP contribution in [0.2, 0.25) is 0 Å². The van der Waals surface area contributed by atoms with Crippen molar-refractivity contribution >= 4 is 35.8 Å². The molecule has 2 N–H and O–H groups in total. The number of halogens is 2. The Bertz CT molecular complexity index is 623. The van der Waals surface area contributed by atoms with E-state index in [0.717, 1.165) is 24.5 Å². The number of carbonyl (C=O) groups is 1. The molecule has 0 radical (unpaired) electrons. The van der Waals surface area contributed by atoms with Crippen molar-refractivity contribution in [3.63, 3.8) is 0 Å². The number of benzene rings is 1. The van der Waals surface area contributed by atoms with Crippen LogP contribution in [0.3, 0.4) is 0 Å². The summed E-state index contributed by atoms with van der Waals surface area (Å²) in [5.41, 5.74) is 1.04. The minimum atomic E-state index is -0.232. The van der Waals surface area contributed by atoms with Crippen molar-refractivity contribution in [1.82, 2.24) is 20.4 Å². The molecule has 1 heterocycles. The lowest BCUT2D eigenvalue weighted by Gasteiger charge is -2.26. The summed E-state index contributed by atoms with van der Waals surface area (Å²) in [6, 6.07) is 6.89. The highest BCUT2D eigenvalue weighted by Gasteiger charge is 2.26. The minimum absolute atomic E-state index is 0. The Balaban J connectivity index is 0.00000364. The number of likely N-dealkylation sites (N-methyl/N-ethyl adjacent to an activating group) is 1. The highest BCUT2D eigenvalue weighted by atomic mass is 127. The highest BCUT2D eigenvalue weighted by Crippen LogP contribution is 2.18. The van der Waals surface area contributed by atoms with Gasteiger partial charge in [-0.2, -0.15) is 0 Å². The van der Waals surface area contributed by atoms with Crippen LogP contribution in [0.25, 0.3) is 0 Å². The van der Waals surface area contributed by atoms with E-state index in [1.54, 1.807) is 7.05 Å². The molecule has 2 atom stereocenters. The molecule has 1 aromatic rings. The van der Waals surface area contributed by atoms with Crippen molar-refractivity contribution in [2.24, 2.45) is 4.99 Å². The third kappa shape index (κ3) is 6.91. The normalized spacial score (nSPS) is 18.2. The van der Waals surface area contributed by atoms with Crippen LogP contribution in [0.15, 0.2) is 29.3 Å². The van der Waals surface area contributed by atoms with Crippen LogP contribution < -0.4 is 10.6 Å². The molecule has 2 unspecified atom stereocenters. The van der Waals surface area contributed by atoms with E-state index in [9.17, 15) is 9.18 Å². The van der Waals surface area contributed by atoms with Gasteiger partial charge in [-0.15, -0.1) is 24.0 Å². The fraction of sp³-hybridized carbons (Fsp3) is 0.579. The molecule has 0 aromatic heterocycles. The van der Waals surface area contributed by atoms with Crippen molar-refractivity contribution < 1.29 is 9.18 Å². The highest BCUT2D eigenvalue weighted by molar-refractivity contribution is 14.0. The first-order valence-electron chi connectivity index (χ1n) is 9.11. The topological polar surface area (TPSA) is 60.0 Å². The Morgan fingerprint density at radius 1 is 1.37 bits per heavy atom. The van der Waals surface area contributed by atoms with Gasteiger partial charge < -0.3 is 20.4 Å². The quantitative estimate of drug-likeness (QED) is 0.364. The minimum Gasteiger partial charge on any atom is -0.354 e. The Kier molecular flexibility index (Phi) is 10.00. The van der Waals surface area contributed by atoms with Gasteiger partial charge in [0.25, 0.3) is 0 Å². The van der Waals surface area contributed by atoms with Crippen LogP contribution in [0.1, 0.15) is 31.4 Å². The third-order valence-electron chi connectivity index (χ3n) is 4.75. The Labute approximate surface area is 178 Å². The molecule has 0 bridgehead atoms. The van der Waals surface area contributed by atoms with Crippen molar-refractivity contribution in [2.75, 3.05) is 40.8 Å². The lowest BCUT2D eigenvalue weighted by atomic mass is 10.1. The maximum Gasteiger partial charge on any atom is 0.222 e. The summed E-state index contributed by atoms with van der Waals surface area (Å²) >= 11 is 0. The van der Waals surface area contributed by atoms with Gasteiger partial charge in [0, 0.05) is 39.1 Å². The first-order valence-corrected chi connectivity index (χ1v) is 9.11. The van der Waals surface area contributed by atoms with E-state index in [-0.39, 0.29) is 47.8 Å². The molecule has 1 amide bonds. The molecule has 1 fully saturated rings. The molecule has 0 saturated carbocycles. The predicted octanol–water partition coefficient (Wildman–Crippen LogP) is 2.22. The van der Waals surface area contributed by atoms with Crippen molar-refractivity contribution in [2.45, 2.75) is 31.8 Å². The Morgan fingerprint density at radius 3 is 2.59 bits per heavy atom. The molecular formula is C19H31FIN5O. The van der Waals surface area contributed by atoms with Gasteiger partial charge in [-0.05, 0) is 38.2 Å². The first kappa shape index (κ1) is 23.6. The van der Waals surface area contributed by atoms with Gasteiger partial charge in [0.15, 0.2) is 5.96 Å². The first-order chi connectivity index (χ1) is 12.4. The zero-order valence-electron chi connectivity index (χ0n) is 16.5. The summed E-state index contributed by atoms with van der Waals surface area (Å²) in [4.78, 5) is 20.1. The van der Waals surface area contributed by atoms with Gasteiger partial charge in [0.05, 0.1) is 6.04 Å². The van der Waals surface area contributed by atoms with Crippen LogP contribution in [0.4, 0.5) is 4.39 Å². The van der Waals surface area contributed by atoms with E-state index >= 15 is 0 Å². The second-order valence-electron chi connectivity index (χ2n) is 6.81. The second-order valence-corrected chi connectivity index (χ2v) is 6.81. The average molecular weight is 491 g/mol. The fourth-order valence-electron chi connectivity index (χ4n) is 3.19. The summed E-state index contributed by atoms with van der Waals surface area (Å²) < 4.78 is 13.2. The summed E-state index contributed by atoms with van der Waals surface area (Å²) in [5.74, 6) is 0.681. The number of nitrogens with zero attached hydrogens (tertiary/aromatic N) is 3. The standard InChI is InChI=1S/C19H30FN5O.HI/c1-5-18(26)25-11-10-16(13-25)23-19(21-2)22-12-17(24(3)4)14-6-8-15(20)9-7-14;/h6-9,16-17H,5,10-13H2,1-4H3,(H2,21,22,23);1H. The molecule has 152 valence electrons. The van der Waals surface area contributed by atoms with Crippen LogP contribution in [0, 0.1) is 5.82 Å². The largest absolute Gasteiger partial charge is 0.354 e. The molecule has 0 spiro atoms. The number of amides is 1. The van der Waals surface area contributed by atoms with Crippen LogP contribution >= 0.6 is 24.0 Å². The molecule has 1 aliphatic heterocycles. The predicted molar refractivity (Wildman–Crippen MR) is 118 cm³/mol. The number of nitrogens with one attached hydrogen (secondary N) is 2. The zero-order valence-corrected chi connectivity index (χ0v) is 18.9. The number of guanidine groups is 1. The summed E-state index contributed by atoms with van der Waals surface area (Å²) in [6.45, 7) is 4.03. The fourth-order valence-corrected chi connectivity index (χ4v) is 3.19. The average Bonchev–Trinajstić information content (AvgIpc) is 3.10. The molecule has 27 heavy (non-hydrogen) atoms. The monoisotopic (exact) mass is 491 g/mol.